The Kier molecular flexibility index (Phi) is 7.45. The number of aliphatic hydroxyl groups is 1. The monoisotopic (exact) mass is 287 g/mol. The van der Waals surface area contributed by atoms with E-state index >= 15 is 0 Å². The molecule has 3 unspecified atom stereocenters. The van der Waals surface area contributed by atoms with Gasteiger partial charge in [0.25, 0.3) is 0 Å². The van der Waals surface area contributed by atoms with E-state index in [0.29, 0.717) is 17.4 Å². The molecular formula is C16H33NO3. The molecule has 0 bridgehead atoms. The molecule has 120 valence electrons. The lowest BCUT2D eigenvalue weighted by Crippen LogP contribution is -2.46. The van der Waals surface area contributed by atoms with Crippen LogP contribution in [0.5, 0.6) is 0 Å². The van der Waals surface area contributed by atoms with Gasteiger partial charge in [0, 0.05) is 33.4 Å². The van der Waals surface area contributed by atoms with E-state index in [0.717, 1.165) is 45.6 Å². The molecule has 20 heavy (non-hydrogen) atoms. The van der Waals surface area contributed by atoms with Gasteiger partial charge in [0.1, 0.15) is 0 Å². The fraction of sp³-hybridized carbons (Fsp3) is 1.00. The van der Waals surface area contributed by atoms with Crippen molar-refractivity contribution in [3.8, 4) is 0 Å². The third-order valence-corrected chi connectivity index (χ3v) is 4.56. The van der Waals surface area contributed by atoms with E-state index in [4.69, 9.17) is 9.47 Å². The van der Waals surface area contributed by atoms with Crippen LogP contribution in [0.15, 0.2) is 0 Å². The first-order valence-corrected chi connectivity index (χ1v) is 7.79. The van der Waals surface area contributed by atoms with Crippen LogP contribution in [0.25, 0.3) is 0 Å². The Bertz CT molecular complexity index is 270. The largest absolute Gasteiger partial charge is 0.393 e. The summed E-state index contributed by atoms with van der Waals surface area (Å²) >= 11 is 0. The normalized spacial score (nSPS) is 27.8. The summed E-state index contributed by atoms with van der Waals surface area (Å²) in [6.45, 7) is 10.1. The molecular weight excluding hydrogens is 254 g/mol. The van der Waals surface area contributed by atoms with Crippen molar-refractivity contribution in [3.05, 3.63) is 0 Å². The van der Waals surface area contributed by atoms with E-state index in [1.165, 1.54) is 0 Å². The van der Waals surface area contributed by atoms with E-state index in [1.807, 2.05) is 0 Å². The van der Waals surface area contributed by atoms with Crippen LogP contribution in [0.4, 0.5) is 0 Å². The Labute approximate surface area is 124 Å². The van der Waals surface area contributed by atoms with E-state index < -0.39 is 0 Å². The highest BCUT2D eigenvalue weighted by molar-refractivity contribution is 4.87. The molecule has 4 nitrogen and oxygen atoms in total. The molecule has 1 N–H and O–H groups in total. The maximum absolute atomic E-state index is 10.3. The summed E-state index contributed by atoms with van der Waals surface area (Å²) in [7, 11) is 3.47. The first kappa shape index (κ1) is 17.9. The Morgan fingerprint density at radius 1 is 1.30 bits per heavy atom. The molecule has 1 aliphatic carbocycles. The molecule has 0 aliphatic heterocycles. The van der Waals surface area contributed by atoms with Crippen molar-refractivity contribution in [3.63, 3.8) is 0 Å². The first-order valence-electron chi connectivity index (χ1n) is 7.79. The van der Waals surface area contributed by atoms with Crippen LogP contribution in [0.1, 0.15) is 40.0 Å². The van der Waals surface area contributed by atoms with Crippen molar-refractivity contribution < 1.29 is 14.6 Å². The van der Waals surface area contributed by atoms with Crippen molar-refractivity contribution in [2.45, 2.75) is 52.2 Å². The van der Waals surface area contributed by atoms with Gasteiger partial charge in [0.2, 0.25) is 0 Å². The van der Waals surface area contributed by atoms with Crippen LogP contribution in [0, 0.1) is 11.3 Å². The average molecular weight is 287 g/mol. The van der Waals surface area contributed by atoms with Gasteiger partial charge < -0.3 is 14.6 Å². The van der Waals surface area contributed by atoms with E-state index in [9.17, 15) is 5.11 Å². The van der Waals surface area contributed by atoms with Gasteiger partial charge in [0.15, 0.2) is 0 Å². The Balaban J connectivity index is 2.61. The number of aliphatic hydroxyl groups excluding tert-OH is 1. The van der Waals surface area contributed by atoms with E-state index in [1.54, 1.807) is 14.2 Å². The Morgan fingerprint density at radius 3 is 2.60 bits per heavy atom. The molecule has 0 radical (unpaired) electrons. The zero-order chi connectivity index (χ0) is 15.2. The van der Waals surface area contributed by atoms with Crippen molar-refractivity contribution in [2.75, 3.05) is 40.5 Å². The molecule has 0 saturated heterocycles. The summed E-state index contributed by atoms with van der Waals surface area (Å²) in [6.07, 6.45) is 2.98. The zero-order valence-corrected chi connectivity index (χ0v) is 13.9. The molecule has 1 aliphatic rings. The van der Waals surface area contributed by atoms with E-state index in [-0.39, 0.29) is 6.10 Å². The van der Waals surface area contributed by atoms with Crippen LogP contribution in [-0.2, 0) is 9.47 Å². The number of methoxy groups -OCH3 is 2. The van der Waals surface area contributed by atoms with Crippen LogP contribution < -0.4 is 0 Å². The lowest BCUT2D eigenvalue weighted by atomic mass is 9.70. The van der Waals surface area contributed by atoms with Gasteiger partial charge in [-0.3, -0.25) is 4.90 Å². The minimum absolute atomic E-state index is 0.164. The second-order valence-electron chi connectivity index (χ2n) is 7.03. The molecule has 0 aromatic rings. The van der Waals surface area contributed by atoms with E-state index in [2.05, 4.69) is 25.7 Å². The topological polar surface area (TPSA) is 41.9 Å². The standard InChI is InChI=1S/C16H33NO3/c1-13(12-20-5)17(8-9-19-4)11-14-10-16(2,3)7-6-15(14)18/h13-15,18H,6-12H2,1-5H3. The van der Waals surface area contributed by atoms with Crippen LogP contribution in [-0.4, -0.2) is 62.7 Å². The van der Waals surface area contributed by atoms with Crippen LogP contribution in [0.3, 0.4) is 0 Å². The Morgan fingerprint density at radius 2 is 2.00 bits per heavy atom. The highest BCUT2D eigenvalue weighted by Gasteiger charge is 2.35. The second kappa shape index (κ2) is 8.32. The van der Waals surface area contributed by atoms with Crippen molar-refractivity contribution in [1.82, 2.24) is 4.90 Å². The summed E-state index contributed by atoms with van der Waals surface area (Å²) < 4.78 is 10.5. The molecule has 0 heterocycles. The molecule has 1 saturated carbocycles. The summed E-state index contributed by atoms with van der Waals surface area (Å²) in [5.74, 6) is 0.356. The molecule has 3 atom stereocenters. The SMILES string of the molecule is COCCN(CC1CC(C)(C)CCC1O)C(C)COC. The lowest BCUT2D eigenvalue weighted by Gasteiger charge is -2.41. The summed E-state index contributed by atoms with van der Waals surface area (Å²) in [5, 5.41) is 10.3. The molecule has 1 fully saturated rings. The van der Waals surface area contributed by atoms with Crippen molar-refractivity contribution in [1.29, 1.82) is 0 Å². The van der Waals surface area contributed by atoms with Gasteiger partial charge in [-0.05, 0) is 37.5 Å². The van der Waals surface area contributed by atoms with Gasteiger partial charge in [-0.15, -0.1) is 0 Å². The fourth-order valence-electron chi connectivity index (χ4n) is 3.26. The smallest absolute Gasteiger partial charge is 0.0615 e. The highest BCUT2D eigenvalue weighted by atomic mass is 16.5. The van der Waals surface area contributed by atoms with Gasteiger partial charge in [-0.1, -0.05) is 13.8 Å². The summed E-state index contributed by atoms with van der Waals surface area (Å²) in [5.41, 5.74) is 0.349. The number of rotatable bonds is 8. The van der Waals surface area contributed by atoms with Gasteiger partial charge in [-0.2, -0.15) is 0 Å². The molecule has 0 amide bonds. The first-order chi connectivity index (χ1) is 9.39. The summed E-state index contributed by atoms with van der Waals surface area (Å²) in [4.78, 5) is 2.39. The molecule has 1 rings (SSSR count). The minimum Gasteiger partial charge on any atom is -0.393 e. The minimum atomic E-state index is -0.164. The lowest BCUT2D eigenvalue weighted by molar-refractivity contribution is -0.0131. The van der Waals surface area contributed by atoms with Gasteiger partial charge in [-0.25, -0.2) is 0 Å². The predicted molar refractivity (Wildman–Crippen MR) is 81.9 cm³/mol. The van der Waals surface area contributed by atoms with Crippen LogP contribution >= 0.6 is 0 Å². The average Bonchev–Trinajstić information content (AvgIpc) is 2.38. The molecule has 0 aromatic heterocycles. The molecule has 4 heteroatoms. The maximum Gasteiger partial charge on any atom is 0.0615 e. The quantitative estimate of drug-likeness (QED) is 0.743. The van der Waals surface area contributed by atoms with Crippen molar-refractivity contribution in [2.24, 2.45) is 11.3 Å². The maximum atomic E-state index is 10.3. The predicted octanol–water partition coefficient (Wildman–Crippen LogP) is 2.16. The van der Waals surface area contributed by atoms with Crippen LogP contribution in [0.2, 0.25) is 0 Å². The number of hydrogen-bond acceptors (Lipinski definition) is 4. The summed E-state index contributed by atoms with van der Waals surface area (Å²) in [6, 6.07) is 0.354. The number of hydrogen-bond donors (Lipinski definition) is 1. The van der Waals surface area contributed by atoms with Crippen molar-refractivity contribution >= 4 is 0 Å². The van der Waals surface area contributed by atoms with Gasteiger partial charge >= 0.3 is 0 Å². The number of nitrogens with zero attached hydrogens (tertiary/aromatic N) is 1. The Hall–Kier alpha value is -0.160. The highest BCUT2D eigenvalue weighted by Crippen LogP contribution is 2.39. The molecule has 0 spiro atoms. The number of ether oxygens (including phenoxy) is 2. The van der Waals surface area contributed by atoms with Gasteiger partial charge in [0.05, 0.1) is 19.3 Å². The zero-order valence-electron chi connectivity index (χ0n) is 13.9. The third-order valence-electron chi connectivity index (χ3n) is 4.56. The third kappa shape index (κ3) is 5.68. The fourth-order valence-corrected chi connectivity index (χ4v) is 3.26. The molecule has 0 aromatic carbocycles. The second-order valence-corrected chi connectivity index (χ2v) is 7.03.